The molecule has 198 valence electrons. The van der Waals surface area contributed by atoms with E-state index in [1.54, 1.807) is 29.3 Å². The molecule has 10 heteroatoms. The van der Waals surface area contributed by atoms with Crippen molar-refractivity contribution in [2.24, 2.45) is 5.92 Å². The molecule has 0 saturated carbocycles. The van der Waals surface area contributed by atoms with E-state index in [0.29, 0.717) is 25.1 Å². The molecule has 0 aliphatic carbocycles. The number of aliphatic carboxylic acids is 1. The van der Waals surface area contributed by atoms with Gasteiger partial charge < -0.3 is 20.6 Å². The van der Waals surface area contributed by atoms with Gasteiger partial charge in [-0.3, -0.25) is 9.59 Å². The Morgan fingerprint density at radius 2 is 1.79 bits per heavy atom. The Morgan fingerprint density at radius 3 is 2.45 bits per heavy atom. The molecule has 1 aromatic heterocycles. The number of hydrogen-bond acceptors (Lipinski definition) is 5. The summed E-state index contributed by atoms with van der Waals surface area (Å²) < 4.78 is 0. The van der Waals surface area contributed by atoms with Crippen LogP contribution in [0.5, 0.6) is 0 Å². The normalized spacial score (nSPS) is 16.1. The minimum absolute atomic E-state index is 0.0332. The molecular formula is C28H28Cl2N4O4. The minimum atomic E-state index is -1.19. The summed E-state index contributed by atoms with van der Waals surface area (Å²) in [5, 5.41) is 15.7. The highest BCUT2D eigenvalue weighted by Crippen LogP contribution is 2.27. The maximum Gasteiger partial charge on any atom is 0.326 e. The summed E-state index contributed by atoms with van der Waals surface area (Å²) in [7, 11) is 0. The van der Waals surface area contributed by atoms with E-state index in [9.17, 15) is 19.5 Å². The van der Waals surface area contributed by atoms with Crippen molar-refractivity contribution in [1.29, 1.82) is 0 Å². The molecule has 1 fully saturated rings. The number of carboxylic acid groups (broad SMARTS) is 1. The molecule has 0 unspecified atom stereocenters. The number of benzene rings is 2. The Kier molecular flexibility index (Phi) is 9.20. The molecule has 1 aliphatic heterocycles. The predicted molar refractivity (Wildman–Crippen MR) is 148 cm³/mol. The zero-order chi connectivity index (χ0) is 27.1. The lowest BCUT2D eigenvalue weighted by Crippen LogP contribution is -2.42. The number of carbonyl (C=O) groups excluding carboxylic acids is 2. The fourth-order valence-electron chi connectivity index (χ4n) is 4.51. The van der Waals surface area contributed by atoms with Crippen LogP contribution in [0, 0.1) is 5.92 Å². The van der Waals surface area contributed by atoms with Crippen molar-refractivity contribution in [2.75, 3.05) is 23.3 Å². The number of halogens is 2. The minimum Gasteiger partial charge on any atom is -0.480 e. The van der Waals surface area contributed by atoms with Crippen LogP contribution in [0.1, 0.15) is 35.2 Å². The predicted octanol–water partition coefficient (Wildman–Crippen LogP) is 5.06. The molecule has 4 rings (SSSR count). The molecule has 2 amide bonds. The van der Waals surface area contributed by atoms with Crippen LogP contribution >= 0.6 is 23.2 Å². The number of nitrogens with one attached hydrogen (secondary N) is 2. The second-order valence-corrected chi connectivity index (χ2v) is 9.91. The molecule has 38 heavy (non-hydrogen) atoms. The van der Waals surface area contributed by atoms with Gasteiger partial charge in [-0.2, -0.15) is 0 Å². The number of carboxylic acids is 1. The summed E-state index contributed by atoms with van der Waals surface area (Å²) in [6, 6.07) is 16.3. The fourth-order valence-corrected chi connectivity index (χ4v) is 5.08. The van der Waals surface area contributed by atoms with E-state index in [1.165, 1.54) is 12.1 Å². The van der Waals surface area contributed by atoms with Crippen LogP contribution in [-0.2, 0) is 16.0 Å². The average molecular weight is 555 g/mol. The fraction of sp³-hybridized carbons (Fsp3) is 0.286. The van der Waals surface area contributed by atoms with Crippen molar-refractivity contribution >= 4 is 52.5 Å². The number of carbonyl (C=O) groups is 3. The van der Waals surface area contributed by atoms with E-state index in [1.807, 2.05) is 30.3 Å². The number of piperidine rings is 1. The van der Waals surface area contributed by atoms with Gasteiger partial charge in [0.25, 0.3) is 5.91 Å². The molecule has 2 atom stereocenters. The number of aromatic nitrogens is 1. The quantitative estimate of drug-likeness (QED) is 0.323. The Morgan fingerprint density at radius 1 is 1.05 bits per heavy atom. The Labute approximate surface area is 231 Å². The van der Waals surface area contributed by atoms with Crippen molar-refractivity contribution in [3.05, 3.63) is 88.0 Å². The highest BCUT2D eigenvalue weighted by molar-refractivity contribution is 6.39. The van der Waals surface area contributed by atoms with Gasteiger partial charge in [-0.15, -0.1) is 0 Å². The molecule has 2 heterocycles. The highest BCUT2D eigenvalue weighted by Gasteiger charge is 2.29. The lowest BCUT2D eigenvalue weighted by Gasteiger charge is -2.32. The number of amides is 2. The zero-order valence-electron chi connectivity index (χ0n) is 20.6. The van der Waals surface area contributed by atoms with Gasteiger partial charge >= 0.3 is 5.97 Å². The van der Waals surface area contributed by atoms with Crippen molar-refractivity contribution in [1.82, 2.24) is 10.3 Å². The molecule has 0 bridgehead atoms. The highest BCUT2D eigenvalue weighted by atomic mass is 35.5. The van der Waals surface area contributed by atoms with Crippen molar-refractivity contribution < 1.29 is 19.5 Å². The van der Waals surface area contributed by atoms with E-state index in [4.69, 9.17) is 23.2 Å². The Balaban J connectivity index is 1.36. The third kappa shape index (κ3) is 6.82. The van der Waals surface area contributed by atoms with Gasteiger partial charge in [-0.1, -0.05) is 47.5 Å². The summed E-state index contributed by atoms with van der Waals surface area (Å²) in [6.07, 6.45) is 4.23. The number of anilines is 2. The van der Waals surface area contributed by atoms with Crippen LogP contribution in [0.25, 0.3) is 0 Å². The van der Waals surface area contributed by atoms with Crippen molar-refractivity contribution in [3.8, 4) is 0 Å². The molecule has 3 N–H and O–H groups in total. The van der Waals surface area contributed by atoms with E-state index in [0.717, 1.165) is 24.3 Å². The second-order valence-electron chi connectivity index (χ2n) is 9.09. The van der Waals surface area contributed by atoms with Crippen LogP contribution in [0.15, 0.2) is 66.9 Å². The average Bonchev–Trinajstić information content (AvgIpc) is 2.90. The molecule has 1 aliphatic rings. The molecule has 1 saturated heterocycles. The Hall–Kier alpha value is -3.62. The summed E-state index contributed by atoms with van der Waals surface area (Å²) in [4.78, 5) is 43.7. The maximum absolute atomic E-state index is 13.2. The first-order valence-electron chi connectivity index (χ1n) is 12.4. The van der Waals surface area contributed by atoms with E-state index >= 15 is 0 Å². The van der Waals surface area contributed by atoms with Gasteiger partial charge in [0.15, 0.2) is 0 Å². The third-order valence-electron chi connectivity index (χ3n) is 6.49. The number of pyridine rings is 1. The lowest BCUT2D eigenvalue weighted by atomic mass is 9.93. The lowest BCUT2D eigenvalue weighted by molar-refractivity contribution is -0.139. The van der Waals surface area contributed by atoms with Crippen LogP contribution in [0.2, 0.25) is 10.0 Å². The van der Waals surface area contributed by atoms with Crippen LogP contribution in [0.3, 0.4) is 0 Å². The van der Waals surface area contributed by atoms with Gasteiger partial charge in [-0.05, 0) is 61.2 Å². The number of nitrogens with zero attached hydrogens (tertiary/aromatic N) is 2. The van der Waals surface area contributed by atoms with Crippen molar-refractivity contribution in [3.63, 3.8) is 0 Å². The molecule has 0 radical (unpaired) electrons. The molecule has 0 spiro atoms. The molecule has 8 nitrogen and oxygen atoms in total. The monoisotopic (exact) mass is 554 g/mol. The second kappa shape index (κ2) is 12.8. The number of rotatable bonds is 10. The van der Waals surface area contributed by atoms with E-state index in [2.05, 4.69) is 15.6 Å². The van der Waals surface area contributed by atoms with Gasteiger partial charge in [0.05, 0.1) is 15.6 Å². The van der Waals surface area contributed by atoms with Gasteiger partial charge in [0, 0.05) is 37.3 Å². The van der Waals surface area contributed by atoms with Crippen LogP contribution in [0.4, 0.5) is 11.5 Å². The van der Waals surface area contributed by atoms with Crippen LogP contribution < -0.4 is 15.5 Å². The van der Waals surface area contributed by atoms with Crippen molar-refractivity contribution in [2.45, 2.75) is 31.7 Å². The summed E-state index contributed by atoms with van der Waals surface area (Å²) >= 11 is 12.2. The first-order chi connectivity index (χ1) is 18.3. The smallest absolute Gasteiger partial charge is 0.326 e. The largest absolute Gasteiger partial charge is 0.480 e. The summed E-state index contributed by atoms with van der Waals surface area (Å²) in [5.74, 6) is -1.05. The zero-order valence-corrected chi connectivity index (χ0v) is 22.1. The topological polar surface area (TPSA) is 112 Å². The van der Waals surface area contributed by atoms with E-state index < -0.39 is 17.9 Å². The number of hydrogen-bond donors (Lipinski definition) is 3. The maximum atomic E-state index is 13.2. The molecule has 2 aromatic carbocycles. The van der Waals surface area contributed by atoms with Gasteiger partial charge in [0.2, 0.25) is 5.91 Å². The summed E-state index contributed by atoms with van der Waals surface area (Å²) in [5.41, 5.74) is 1.50. The van der Waals surface area contributed by atoms with Gasteiger partial charge in [0.1, 0.15) is 11.9 Å². The van der Waals surface area contributed by atoms with E-state index in [-0.39, 0.29) is 33.9 Å². The third-order valence-corrected chi connectivity index (χ3v) is 7.12. The first kappa shape index (κ1) is 27.4. The van der Waals surface area contributed by atoms with Gasteiger partial charge in [-0.25, -0.2) is 9.78 Å². The molecular weight excluding hydrogens is 527 g/mol. The SMILES string of the molecule is O=C(N[C@@H](Cc1ccc(N2CCC[C@@H](CCNc3ccccn3)C2=O)cc1)C(=O)O)c1c(Cl)cccc1Cl. The first-order valence-corrected chi connectivity index (χ1v) is 13.1. The standard InChI is InChI=1S/C28H28Cl2N4O4/c29-21-6-3-7-22(30)25(21)26(35)33-23(28(37)38)17-18-9-11-20(12-10-18)34-16-4-5-19(27(34)36)13-15-32-24-8-1-2-14-31-24/h1-3,6-12,14,19,23H,4-5,13,15-17H2,(H,31,32)(H,33,35)(H,37,38)/t19-,23-/m0/s1. The molecule has 3 aromatic rings. The summed E-state index contributed by atoms with van der Waals surface area (Å²) in [6.45, 7) is 1.29. The van der Waals surface area contributed by atoms with Crippen LogP contribution in [-0.4, -0.2) is 47.0 Å². The Bertz CT molecular complexity index is 1270.